The average molecular weight is 472 g/mol. The molecular formula is C25H32ClN4O3+. The second-order valence-corrected chi connectivity index (χ2v) is 9.77. The Morgan fingerprint density at radius 1 is 0.939 bits per heavy atom. The van der Waals surface area contributed by atoms with Crippen molar-refractivity contribution in [2.45, 2.75) is 26.2 Å². The number of nitrogens with one attached hydrogen (secondary N) is 3. The fourth-order valence-corrected chi connectivity index (χ4v) is 3.85. The third-order valence-corrected chi connectivity index (χ3v) is 6.08. The third kappa shape index (κ3) is 7.04. The number of carbonyl (C=O) groups is 3. The molecule has 8 heteroatoms. The molecule has 0 radical (unpaired) electrons. The van der Waals surface area contributed by atoms with Crippen molar-refractivity contribution in [3.05, 3.63) is 64.7 Å². The summed E-state index contributed by atoms with van der Waals surface area (Å²) in [5, 5.41) is 5.76. The number of hydrogen-bond acceptors (Lipinski definition) is 3. The number of carbonyl (C=O) groups excluding carboxylic acids is 3. The van der Waals surface area contributed by atoms with Gasteiger partial charge in [-0.2, -0.15) is 0 Å². The molecular weight excluding hydrogens is 440 g/mol. The van der Waals surface area contributed by atoms with Crippen molar-refractivity contribution in [1.82, 2.24) is 10.2 Å². The van der Waals surface area contributed by atoms with E-state index in [1.54, 1.807) is 24.3 Å². The summed E-state index contributed by atoms with van der Waals surface area (Å²) in [5.41, 5.74) is 2.49. The smallest absolute Gasteiger partial charge is 0.313 e. The van der Waals surface area contributed by atoms with Crippen molar-refractivity contribution < 1.29 is 19.3 Å². The van der Waals surface area contributed by atoms with Gasteiger partial charge in [-0.3, -0.25) is 14.4 Å². The van der Waals surface area contributed by atoms with Crippen LogP contribution in [0.1, 0.15) is 36.7 Å². The van der Waals surface area contributed by atoms with Crippen molar-refractivity contribution in [1.29, 1.82) is 0 Å². The molecule has 0 saturated carbocycles. The molecule has 0 aliphatic carbocycles. The highest BCUT2D eigenvalue weighted by Gasteiger charge is 2.25. The Hall–Kier alpha value is -2.90. The molecule has 1 saturated heterocycles. The van der Waals surface area contributed by atoms with Crippen LogP contribution in [0, 0.1) is 0 Å². The van der Waals surface area contributed by atoms with Crippen LogP contribution in [0.15, 0.2) is 48.5 Å². The van der Waals surface area contributed by atoms with E-state index in [-0.39, 0.29) is 11.3 Å². The molecule has 0 bridgehead atoms. The van der Waals surface area contributed by atoms with E-state index in [2.05, 4.69) is 31.4 Å². The van der Waals surface area contributed by atoms with Crippen molar-refractivity contribution in [2.24, 2.45) is 0 Å². The Balaban J connectivity index is 1.38. The maximum atomic E-state index is 12.8. The highest BCUT2D eigenvalue weighted by Crippen LogP contribution is 2.22. The standard InChI is InChI=1S/C25H31ClN4O3/c1-25(2,3)19-6-4-18(5-7-19)24(33)30-16-14-29(15-17-30)13-12-27-22(31)23(32)28-21-10-8-20(26)9-11-21/h4-11H,12-17H2,1-3H3,(H,27,31)(H,28,32)/p+1. The zero-order valence-corrected chi connectivity index (χ0v) is 20.2. The van der Waals surface area contributed by atoms with E-state index in [4.69, 9.17) is 11.6 Å². The molecule has 1 aliphatic heterocycles. The molecule has 0 unspecified atom stereocenters. The summed E-state index contributed by atoms with van der Waals surface area (Å²) >= 11 is 5.81. The number of nitrogens with zero attached hydrogens (tertiary/aromatic N) is 1. The number of quaternary nitrogens is 1. The Labute approximate surface area is 200 Å². The molecule has 1 heterocycles. The van der Waals surface area contributed by atoms with Gasteiger partial charge in [0.15, 0.2) is 0 Å². The van der Waals surface area contributed by atoms with Gasteiger partial charge in [0, 0.05) is 16.3 Å². The summed E-state index contributed by atoms with van der Waals surface area (Å²) in [7, 11) is 0. The number of piperazine rings is 1. The van der Waals surface area contributed by atoms with Gasteiger partial charge in [-0.15, -0.1) is 0 Å². The number of rotatable bonds is 5. The minimum atomic E-state index is -0.708. The quantitative estimate of drug-likeness (QED) is 0.581. The second-order valence-electron chi connectivity index (χ2n) is 9.34. The van der Waals surface area contributed by atoms with Crippen LogP contribution in [0.25, 0.3) is 0 Å². The lowest BCUT2D eigenvalue weighted by atomic mass is 9.86. The largest absolute Gasteiger partial charge is 0.342 e. The Bertz CT molecular complexity index is 976. The SMILES string of the molecule is CC(C)(C)c1ccc(C(=O)N2CC[NH+](CCNC(=O)C(=O)Nc3ccc(Cl)cc3)CC2)cc1. The summed E-state index contributed by atoms with van der Waals surface area (Å²) in [6, 6.07) is 14.4. The van der Waals surface area contributed by atoms with Crippen molar-refractivity contribution >= 4 is 35.0 Å². The maximum absolute atomic E-state index is 12.8. The van der Waals surface area contributed by atoms with Crippen LogP contribution in [0.4, 0.5) is 5.69 Å². The van der Waals surface area contributed by atoms with Crippen LogP contribution >= 0.6 is 11.6 Å². The summed E-state index contributed by atoms with van der Waals surface area (Å²) in [4.78, 5) is 40.0. The first-order valence-corrected chi connectivity index (χ1v) is 11.6. The molecule has 176 valence electrons. The van der Waals surface area contributed by atoms with Gasteiger partial charge in [-0.25, -0.2) is 0 Å². The Morgan fingerprint density at radius 2 is 1.55 bits per heavy atom. The average Bonchev–Trinajstić information content (AvgIpc) is 2.80. The normalized spacial score (nSPS) is 14.6. The van der Waals surface area contributed by atoms with Gasteiger partial charge < -0.3 is 20.4 Å². The summed E-state index contributed by atoms with van der Waals surface area (Å²) in [6.45, 7) is 10.5. The monoisotopic (exact) mass is 471 g/mol. The van der Waals surface area contributed by atoms with Gasteiger partial charge in [-0.1, -0.05) is 44.5 Å². The van der Waals surface area contributed by atoms with Gasteiger partial charge in [-0.05, 0) is 47.4 Å². The van der Waals surface area contributed by atoms with E-state index in [1.807, 2.05) is 29.2 Å². The number of amides is 3. The number of benzene rings is 2. The minimum absolute atomic E-state index is 0.0571. The van der Waals surface area contributed by atoms with Crippen LogP contribution in [-0.2, 0) is 15.0 Å². The first kappa shape index (κ1) is 24.7. The lowest BCUT2D eigenvalue weighted by molar-refractivity contribution is -0.902. The lowest BCUT2D eigenvalue weighted by Gasteiger charge is -2.32. The first-order valence-electron chi connectivity index (χ1n) is 11.2. The van der Waals surface area contributed by atoms with Gasteiger partial charge >= 0.3 is 11.8 Å². The Morgan fingerprint density at radius 3 is 2.12 bits per heavy atom. The van der Waals surface area contributed by atoms with Crippen LogP contribution in [-0.4, -0.2) is 61.9 Å². The molecule has 0 atom stereocenters. The first-order chi connectivity index (χ1) is 15.6. The topological polar surface area (TPSA) is 83.0 Å². The molecule has 1 fully saturated rings. The molecule has 0 spiro atoms. The summed E-state index contributed by atoms with van der Waals surface area (Å²) in [6.07, 6.45) is 0. The van der Waals surface area contributed by atoms with Gasteiger partial charge in [0.2, 0.25) is 0 Å². The lowest BCUT2D eigenvalue weighted by Crippen LogP contribution is -3.15. The highest BCUT2D eigenvalue weighted by atomic mass is 35.5. The zero-order valence-electron chi connectivity index (χ0n) is 19.4. The van der Waals surface area contributed by atoms with E-state index in [0.717, 1.165) is 13.1 Å². The number of halogens is 1. The van der Waals surface area contributed by atoms with E-state index in [0.29, 0.717) is 42.5 Å². The molecule has 1 aliphatic rings. The van der Waals surface area contributed by atoms with E-state index in [1.165, 1.54) is 10.5 Å². The molecule has 0 aromatic heterocycles. The van der Waals surface area contributed by atoms with E-state index >= 15 is 0 Å². The van der Waals surface area contributed by atoms with Gasteiger partial charge in [0.05, 0.1) is 39.3 Å². The molecule has 3 rings (SSSR count). The van der Waals surface area contributed by atoms with Crippen molar-refractivity contribution in [3.8, 4) is 0 Å². The molecule has 7 nitrogen and oxygen atoms in total. The van der Waals surface area contributed by atoms with E-state index in [9.17, 15) is 14.4 Å². The van der Waals surface area contributed by atoms with Gasteiger partial charge in [0.25, 0.3) is 5.91 Å². The van der Waals surface area contributed by atoms with Crippen LogP contribution in [0.2, 0.25) is 5.02 Å². The van der Waals surface area contributed by atoms with Gasteiger partial charge in [0.1, 0.15) is 0 Å². The molecule has 2 aromatic rings. The fraction of sp³-hybridized carbons (Fsp3) is 0.400. The maximum Gasteiger partial charge on any atom is 0.313 e. The van der Waals surface area contributed by atoms with Crippen molar-refractivity contribution in [2.75, 3.05) is 44.6 Å². The fourth-order valence-electron chi connectivity index (χ4n) is 3.73. The minimum Gasteiger partial charge on any atom is -0.342 e. The van der Waals surface area contributed by atoms with E-state index < -0.39 is 11.8 Å². The molecule has 3 amide bonds. The Kier molecular flexibility index (Phi) is 8.10. The van der Waals surface area contributed by atoms with Crippen LogP contribution in [0.5, 0.6) is 0 Å². The predicted molar refractivity (Wildman–Crippen MR) is 130 cm³/mol. The predicted octanol–water partition coefficient (Wildman–Crippen LogP) is 1.73. The highest BCUT2D eigenvalue weighted by molar-refractivity contribution is 6.39. The van der Waals surface area contributed by atoms with Crippen LogP contribution < -0.4 is 15.5 Å². The molecule has 2 aromatic carbocycles. The number of anilines is 1. The van der Waals surface area contributed by atoms with Crippen LogP contribution in [0.3, 0.4) is 0 Å². The van der Waals surface area contributed by atoms with Crippen molar-refractivity contribution in [3.63, 3.8) is 0 Å². The summed E-state index contributed by atoms with van der Waals surface area (Å²) < 4.78 is 0. The summed E-state index contributed by atoms with van der Waals surface area (Å²) in [5.74, 6) is -1.32. The second kappa shape index (κ2) is 10.8. The zero-order chi connectivity index (χ0) is 24.0. The molecule has 33 heavy (non-hydrogen) atoms. The third-order valence-electron chi connectivity index (χ3n) is 5.83. The molecule has 3 N–H and O–H groups in total. The number of hydrogen-bond donors (Lipinski definition) is 3.